The molecule has 126 valence electrons. The zero-order valence-corrected chi connectivity index (χ0v) is 14.8. The molecule has 0 fully saturated rings. The fourth-order valence-corrected chi connectivity index (χ4v) is 2.71. The molecule has 0 saturated carbocycles. The molecule has 1 rings (SSSR count). The number of nitrogens with one attached hydrogen (secondary N) is 1. The quantitative estimate of drug-likeness (QED) is 0.661. The molecule has 1 heterocycles. The SMILES string of the molecule is CCN(CC)C(=O)CCCNC(=O)c1csc(CCN)n1.Cl. The van der Waals surface area contributed by atoms with E-state index in [2.05, 4.69) is 10.3 Å². The first-order valence-electron chi connectivity index (χ1n) is 7.32. The highest BCUT2D eigenvalue weighted by atomic mass is 35.5. The molecule has 0 aliphatic rings. The van der Waals surface area contributed by atoms with E-state index in [1.165, 1.54) is 11.3 Å². The lowest BCUT2D eigenvalue weighted by molar-refractivity contribution is -0.130. The van der Waals surface area contributed by atoms with Crippen LogP contribution in [0.5, 0.6) is 0 Å². The molecule has 0 spiro atoms. The molecule has 0 aromatic carbocycles. The van der Waals surface area contributed by atoms with Crippen LogP contribution < -0.4 is 11.1 Å². The molecular weight excluding hydrogens is 324 g/mol. The monoisotopic (exact) mass is 348 g/mol. The summed E-state index contributed by atoms with van der Waals surface area (Å²) in [4.78, 5) is 29.7. The fourth-order valence-electron chi connectivity index (χ4n) is 1.92. The van der Waals surface area contributed by atoms with Gasteiger partial charge in [-0.3, -0.25) is 9.59 Å². The van der Waals surface area contributed by atoms with Gasteiger partial charge in [0.2, 0.25) is 5.91 Å². The third-order valence-electron chi connectivity index (χ3n) is 3.11. The van der Waals surface area contributed by atoms with Crippen molar-refractivity contribution in [1.29, 1.82) is 0 Å². The Morgan fingerprint density at radius 3 is 2.64 bits per heavy atom. The van der Waals surface area contributed by atoms with E-state index in [9.17, 15) is 9.59 Å². The summed E-state index contributed by atoms with van der Waals surface area (Å²) in [6, 6.07) is 0. The van der Waals surface area contributed by atoms with Gasteiger partial charge in [-0.05, 0) is 26.8 Å². The first-order valence-corrected chi connectivity index (χ1v) is 8.20. The van der Waals surface area contributed by atoms with E-state index in [1.54, 1.807) is 10.3 Å². The second-order valence-electron chi connectivity index (χ2n) is 4.59. The Morgan fingerprint density at radius 2 is 2.05 bits per heavy atom. The van der Waals surface area contributed by atoms with Crippen LogP contribution in [-0.4, -0.2) is 47.9 Å². The van der Waals surface area contributed by atoms with Gasteiger partial charge < -0.3 is 16.0 Å². The molecule has 0 unspecified atom stereocenters. The summed E-state index contributed by atoms with van der Waals surface area (Å²) < 4.78 is 0. The van der Waals surface area contributed by atoms with Crippen molar-refractivity contribution in [3.8, 4) is 0 Å². The maximum absolute atomic E-state index is 11.9. The Labute approximate surface area is 141 Å². The Bertz CT molecular complexity index is 463. The molecule has 0 saturated heterocycles. The number of amides is 2. The molecule has 0 radical (unpaired) electrons. The van der Waals surface area contributed by atoms with Crippen LogP contribution in [0.2, 0.25) is 0 Å². The minimum atomic E-state index is -0.190. The first-order chi connectivity index (χ1) is 10.1. The number of thiazole rings is 1. The van der Waals surface area contributed by atoms with E-state index in [1.807, 2.05) is 13.8 Å². The molecule has 0 aliphatic heterocycles. The topological polar surface area (TPSA) is 88.3 Å². The number of nitrogens with two attached hydrogens (primary N) is 1. The number of carbonyl (C=O) groups excluding carboxylic acids is 2. The van der Waals surface area contributed by atoms with Crippen molar-refractivity contribution < 1.29 is 9.59 Å². The summed E-state index contributed by atoms with van der Waals surface area (Å²) in [5.41, 5.74) is 5.88. The molecule has 3 N–H and O–H groups in total. The zero-order chi connectivity index (χ0) is 15.7. The molecule has 1 aromatic heterocycles. The molecule has 0 atom stereocenters. The third-order valence-corrected chi connectivity index (χ3v) is 4.02. The van der Waals surface area contributed by atoms with Crippen molar-refractivity contribution >= 4 is 35.6 Å². The summed E-state index contributed by atoms with van der Waals surface area (Å²) >= 11 is 1.44. The second-order valence-corrected chi connectivity index (χ2v) is 5.53. The van der Waals surface area contributed by atoms with Gasteiger partial charge in [0.25, 0.3) is 5.91 Å². The van der Waals surface area contributed by atoms with E-state index in [-0.39, 0.29) is 24.2 Å². The van der Waals surface area contributed by atoms with Gasteiger partial charge in [0.15, 0.2) is 0 Å². The summed E-state index contributed by atoms with van der Waals surface area (Å²) in [6.45, 7) is 6.39. The normalized spacial score (nSPS) is 9.95. The van der Waals surface area contributed by atoms with Crippen LogP contribution in [0.25, 0.3) is 0 Å². The zero-order valence-electron chi connectivity index (χ0n) is 13.1. The number of carbonyl (C=O) groups is 2. The average Bonchev–Trinajstić information content (AvgIpc) is 2.94. The molecule has 2 amide bonds. The van der Waals surface area contributed by atoms with E-state index in [0.29, 0.717) is 38.0 Å². The Kier molecular flexibility index (Phi) is 10.8. The fraction of sp³-hybridized carbons (Fsp3) is 0.643. The molecule has 22 heavy (non-hydrogen) atoms. The van der Waals surface area contributed by atoms with Gasteiger partial charge in [-0.15, -0.1) is 23.7 Å². The van der Waals surface area contributed by atoms with E-state index in [0.717, 1.165) is 18.1 Å². The molecule has 6 nitrogen and oxygen atoms in total. The minimum Gasteiger partial charge on any atom is -0.351 e. The van der Waals surface area contributed by atoms with Crippen molar-refractivity contribution in [2.75, 3.05) is 26.2 Å². The van der Waals surface area contributed by atoms with Gasteiger partial charge in [0.1, 0.15) is 5.69 Å². The second kappa shape index (κ2) is 11.4. The van der Waals surface area contributed by atoms with Crippen molar-refractivity contribution in [2.24, 2.45) is 5.73 Å². The van der Waals surface area contributed by atoms with Crippen LogP contribution in [-0.2, 0) is 11.2 Å². The summed E-state index contributed by atoms with van der Waals surface area (Å²) in [5, 5.41) is 5.40. The Morgan fingerprint density at radius 1 is 1.36 bits per heavy atom. The van der Waals surface area contributed by atoms with Crippen LogP contribution in [0.15, 0.2) is 5.38 Å². The standard InChI is InChI=1S/C14H24N4O2S.ClH/c1-3-18(4-2)13(19)6-5-9-16-14(20)11-10-21-12(17-11)7-8-15;/h10H,3-9,15H2,1-2H3,(H,16,20);1H. The maximum atomic E-state index is 11.9. The van der Waals surface area contributed by atoms with Crippen LogP contribution in [0.4, 0.5) is 0 Å². The Balaban J connectivity index is 0.00000441. The van der Waals surface area contributed by atoms with Crippen molar-refractivity contribution in [2.45, 2.75) is 33.1 Å². The van der Waals surface area contributed by atoms with Gasteiger partial charge in [-0.25, -0.2) is 4.98 Å². The predicted octanol–water partition coefficient (Wildman–Crippen LogP) is 1.44. The highest BCUT2D eigenvalue weighted by Gasteiger charge is 2.11. The minimum absolute atomic E-state index is 0. The number of aromatic nitrogens is 1. The van der Waals surface area contributed by atoms with Gasteiger partial charge in [0, 0.05) is 37.9 Å². The molecule has 1 aromatic rings. The lowest BCUT2D eigenvalue weighted by Crippen LogP contribution is -2.31. The number of nitrogens with zero attached hydrogens (tertiary/aromatic N) is 2. The first kappa shape index (κ1) is 20.8. The summed E-state index contributed by atoms with van der Waals surface area (Å²) in [6.07, 6.45) is 1.79. The van der Waals surface area contributed by atoms with Gasteiger partial charge >= 0.3 is 0 Å². The highest BCUT2D eigenvalue weighted by molar-refractivity contribution is 7.09. The average molecular weight is 349 g/mol. The molecule has 0 aliphatic carbocycles. The molecule has 0 bridgehead atoms. The maximum Gasteiger partial charge on any atom is 0.270 e. The van der Waals surface area contributed by atoms with Crippen LogP contribution in [0.3, 0.4) is 0 Å². The highest BCUT2D eigenvalue weighted by Crippen LogP contribution is 2.09. The van der Waals surface area contributed by atoms with Crippen molar-refractivity contribution in [1.82, 2.24) is 15.2 Å². The van der Waals surface area contributed by atoms with E-state index >= 15 is 0 Å². The number of hydrogen-bond donors (Lipinski definition) is 2. The van der Waals surface area contributed by atoms with Crippen LogP contribution in [0, 0.1) is 0 Å². The number of halogens is 1. The Hall–Kier alpha value is -1.18. The van der Waals surface area contributed by atoms with E-state index in [4.69, 9.17) is 5.73 Å². The smallest absolute Gasteiger partial charge is 0.270 e. The molecule has 8 heteroatoms. The van der Waals surface area contributed by atoms with Gasteiger partial charge in [-0.2, -0.15) is 0 Å². The lowest BCUT2D eigenvalue weighted by Gasteiger charge is -2.18. The predicted molar refractivity (Wildman–Crippen MR) is 91.6 cm³/mol. The lowest BCUT2D eigenvalue weighted by atomic mass is 10.2. The third kappa shape index (κ3) is 6.72. The van der Waals surface area contributed by atoms with E-state index < -0.39 is 0 Å². The largest absolute Gasteiger partial charge is 0.351 e. The van der Waals surface area contributed by atoms with Crippen molar-refractivity contribution in [3.05, 3.63) is 16.1 Å². The van der Waals surface area contributed by atoms with Crippen molar-refractivity contribution in [3.63, 3.8) is 0 Å². The summed E-state index contributed by atoms with van der Waals surface area (Å²) in [7, 11) is 0. The van der Waals surface area contributed by atoms with Gasteiger partial charge in [0.05, 0.1) is 5.01 Å². The van der Waals surface area contributed by atoms with Crippen LogP contribution >= 0.6 is 23.7 Å². The summed E-state index contributed by atoms with van der Waals surface area (Å²) in [5.74, 6) is -0.0575. The van der Waals surface area contributed by atoms with Crippen LogP contribution in [0.1, 0.15) is 42.2 Å². The number of rotatable bonds is 9. The van der Waals surface area contributed by atoms with Gasteiger partial charge in [-0.1, -0.05) is 0 Å². The molecular formula is C14H25ClN4O2S. The number of hydrogen-bond acceptors (Lipinski definition) is 5.